The van der Waals surface area contributed by atoms with Crippen LogP contribution in [0.2, 0.25) is 0 Å². The second-order valence-corrected chi connectivity index (χ2v) is 5.95. The molecule has 1 atom stereocenters. The lowest BCUT2D eigenvalue weighted by atomic mass is 10.0. The molecule has 0 aliphatic rings. The Hall–Kier alpha value is -3.48. The Morgan fingerprint density at radius 1 is 1.11 bits per heavy atom. The summed E-state index contributed by atoms with van der Waals surface area (Å²) in [5.74, 6) is 0.162. The standard InChI is InChI=1S/C20H19N3O4/c1-13-21-18(27-23-13)12-17(14-7-4-3-5-8-14)22-19(24)15-9-6-10-16(11-15)20(25)26-2/h3-11,17H,12H2,1-2H3,(H,22,24). The van der Waals surface area contributed by atoms with Gasteiger partial charge < -0.3 is 14.6 Å². The van der Waals surface area contributed by atoms with E-state index < -0.39 is 5.97 Å². The lowest BCUT2D eigenvalue weighted by Crippen LogP contribution is -2.30. The molecule has 138 valence electrons. The molecule has 2 aromatic carbocycles. The predicted octanol–water partition coefficient (Wildman–Crippen LogP) is 2.88. The Bertz CT molecular complexity index is 937. The van der Waals surface area contributed by atoms with Crippen LogP contribution in [-0.2, 0) is 11.2 Å². The molecule has 0 bridgehead atoms. The van der Waals surface area contributed by atoms with Crippen molar-refractivity contribution < 1.29 is 18.8 Å². The van der Waals surface area contributed by atoms with Gasteiger partial charge in [0.05, 0.1) is 25.1 Å². The molecule has 0 spiro atoms. The van der Waals surface area contributed by atoms with Crippen LogP contribution in [0, 0.1) is 6.92 Å². The van der Waals surface area contributed by atoms with Crippen LogP contribution >= 0.6 is 0 Å². The summed E-state index contributed by atoms with van der Waals surface area (Å²) < 4.78 is 9.90. The number of hydrogen-bond acceptors (Lipinski definition) is 6. The third kappa shape index (κ3) is 4.58. The van der Waals surface area contributed by atoms with Crippen LogP contribution in [0.5, 0.6) is 0 Å². The van der Waals surface area contributed by atoms with Crippen LogP contribution < -0.4 is 5.32 Å². The highest BCUT2D eigenvalue weighted by Crippen LogP contribution is 2.19. The zero-order chi connectivity index (χ0) is 19.2. The van der Waals surface area contributed by atoms with E-state index in [0.29, 0.717) is 29.3 Å². The number of carbonyl (C=O) groups excluding carboxylic acids is 2. The average Bonchev–Trinajstić information content (AvgIpc) is 3.12. The number of benzene rings is 2. The van der Waals surface area contributed by atoms with E-state index in [1.165, 1.54) is 13.2 Å². The molecule has 0 saturated carbocycles. The van der Waals surface area contributed by atoms with Crippen LogP contribution in [0.1, 0.15) is 44.0 Å². The van der Waals surface area contributed by atoms with Crippen molar-refractivity contribution in [3.63, 3.8) is 0 Å². The van der Waals surface area contributed by atoms with Gasteiger partial charge in [-0.3, -0.25) is 4.79 Å². The van der Waals surface area contributed by atoms with Crippen molar-refractivity contribution in [2.24, 2.45) is 0 Å². The molecule has 0 radical (unpaired) electrons. The van der Waals surface area contributed by atoms with E-state index >= 15 is 0 Å². The summed E-state index contributed by atoms with van der Waals surface area (Å²) >= 11 is 0. The number of hydrogen-bond donors (Lipinski definition) is 1. The molecule has 0 saturated heterocycles. The van der Waals surface area contributed by atoms with E-state index in [0.717, 1.165) is 5.56 Å². The Kier molecular flexibility index (Phi) is 5.61. The molecule has 3 rings (SSSR count). The van der Waals surface area contributed by atoms with Crippen molar-refractivity contribution in [3.05, 3.63) is 83.0 Å². The second kappa shape index (κ2) is 8.27. The number of carbonyl (C=O) groups is 2. The molecule has 1 unspecified atom stereocenters. The molecule has 27 heavy (non-hydrogen) atoms. The molecule has 3 aromatic rings. The average molecular weight is 365 g/mol. The number of aromatic nitrogens is 2. The molecule has 1 N–H and O–H groups in total. The van der Waals surface area contributed by atoms with Crippen molar-refractivity contribution in [3.8, 4) is 0 Å². The number of nitrogens with one attached hydrogen (secondary N) is 1. The number of ether oxygens (including phenoxy) is 1. The van der Waals surface area contributed by atoms with Crippen LogP contribution in [0.15, 0.2) is 59.1 Å². The lowest BCUT2D eigenvalue weighted by molar-refractivity contribution is 0.0600. The quantitative estimate of drug-likeness (QED) is 0.675. The minimum atomic E-state index is -0.495. The predicted molar refractivity (Wildman–Crippen MR) is 97.2 cm³/mol. The Labute approximate surface area is 156 Å². The van der Waals surface area contributed by atoms with Gasteiger partial charge in [0.1, 0.15) is 0 Å². The zero-order valence-corrected chi connectivity index (χ0v) is 15.0. The van der Waals surface area contributed by atoms with Crippen LogP contribution in [0.4, 0.5) is 0 Å². The Morgan fingerprint density at radius 2 is 1.85 bits per heavy atom. The molecule has 1 aromatic heterocycles. The zero-order valence-electron chi connectivity index (χ0n) is 15.0. The number of esters is 1. The Morgan fingerprint density at radius 3 is 2.52 bits per heavy atom. The van der Waals surface area contributed by atoms with Crippen molar-refractivity contribution >= 4 is 11.9 Å². The van der Waals surface area contributed by atoms with Crippen LogP contribution in [0.3, 0.4) is 0 Å². The molecule has 0 fully saturated rings. The topological polar surface area (TPSA) is 94.3 Å². The fraction of sp³-hybridized carbons (Fsp3) is 0.200. The molecule has 7 heteroatoms. The maximum absolute atomic E-state index is 12.8. The van der Waals surface area contributed by atoms with Gasteiger partial charge in [0, 0.05) is 5.56 Å². The smallest absolute Gasteiger partial charge is 0.337 e. The third-order valence-electron chi connectivity index (χ3n) is 4.00. The third-order valence-corrected chi connectivity index (χ3v) is 4.00. The maximum Gasteiger partial charge on any atom is 0.337 e. The van der Waals surface area contributed by atoms with Gasteiger partial charge in [-0.25, -0.2) is 4.79 Å². The van der Waals surface area contributed by atoms with Gasteiger partial charge in [-0.15, -0.1) is 0 Å². The van der Waals surface area contributed by atoms with Gasteiger partial charge in [-0.05, 0) is 30.7 Å². The van der Waals surface area contributed by atoms with Gasteiger partial charge in [0.15, 0.2) is 5.82 Å². The first-order valence-corrected chi connectivity index (χ1v) is 8.40. The van der Waals surface area contributed by atoms with E-state index in [1.54, 1.807) is 25.1 Å². The molecule has 1 heterocycles. The van der Waals surface area contributed by atoms with Gasteiger partial charge >= 0.3 is 5.97 Å². The largest absolute Gasteiger partial charge is 0.465 e. The fourth-order valence-electron chi connectivity index (χ4n) is 2.68. The normalized spacial score (nSPS) is 11.6. The summed E-state index contributed by atoms with van der Waals surface area (Å²) in [6.07, 6.45) is 0.354. The summed E-state index contributed by atoms with van der Waals surface area (Å²) in [5, 5.41) is 6.76. The van der Waals surface area contributed by atoms with Crippen molar-refractivity contribution in [1.29, 1.82) is 0 Å². The van der Waals surface area contributed by atoms with Gasteiger partial charge in [0.2, 0.25) is 5.89 Å². The summed E-state index contributed by atoms with van der Waals surface area (Å²) in [5.41, 5.74) is 1.58. The minimum Gasteiger partial charge on any atom is -0.465 e. The molecular weight excluding hydrogens is 346 g/mol. The first-order valence-electron chi connectivity index (χ1n) is 8.40. The molecule has 0 aliphatic heterocycles. The molecular formula is C20H19N3O4. The molecule has 1 amide bonds. The van der Waals surface area contributed by atoms with Crippen LogP contribution in [-0.4, -0.2) is 29.1 Å². The summed E-state index contributed by atoms with van der Waals surface area (Å²) in [7, 11) is 1.30. The lowest BCUT2D eigenvalue weighted by Gasteiger charge is -2.18. The monoisotopic (exact) mass is 365 g/mol. The number of aryl methyl sites for hydroxylation is 1. The first kappa shape index (κ1) is 18.3. The van der Waals surface area contributed by atoms with E-state index in [2.05, 4.69) is 15.5 Å². The minimum absolute atomic E-state index is 0.314. The van der Waals surface area contributed by atoms with Gasteiger partial charge in [-0.1, -0.05) is 41.6 Å². The van der Waals surface area contributed by atoms with Gasteiger partial charge in [0.25, 0.3) is 5.91 Å². The van der Waals surface area contributed by atoms with E-state index in [4.69, 9.17) is 9.26 Å². The van der Waals surface area contributed by atoms with Gasteiger partial charge in [-0.2, -0.15) is 4.98 Å². The summed E-state index contributed by atoms with van der Waals surface area (Å²) in [6, 6.07) is 15.5. The van der Waals surface area contributed by atoms with Crippen molar-refractivity contribution in [2.75, 3.05) is 7.11 Å². The number of rotatable bonds is 6. The summed E-state index contributed by atoms with van der Waals surface area (Å²) in [6.45, 7) is 1.74. The summed E-state index contributed by atoms with van der Waals surface area (Å²) in [4.78, 5) is 28.7. The number of methoxy groups -OCH3 is 1. The van der Waals surface area contributed by atoms with E-state index in [-0.39, 0.29) is 11.9 Å². The highest BCUT2D eigenvalue weighted by atomic mass is 16.5. The number of nitrogens with zero attached hydrogens (tertiary/aromatic N) is 2. The van der Waals surface area contributed by atoms with E-state index in [9.17, 15) is 9.59 Å². The Balaban J connectivity index is 1.83. The molecule has 0 aliphatic carbocycles. The second-order valence-electron chi connectivity index (χ2n) is 5.95. The molecule has 7 nitrogen and oxygen atoms in total. The van der Waals surface area contributed by atoms with Crippen molar-refractivity contribution in [1.82, 2.24) is 15.5 Å². The highest BCUT2D eigenvalue weighted by Gasteiger charge is 2.20. The SMILES string of the molecule is COC(=O)c1cccc(C(=O)NC(Cc2nc(C)no2)c2ccccc2)c1. The highest BCUT2D eigenvalue weighted by molar-refractivity contribution is 5.98. The first-order chi connectivity index (χ1) is 13.1. The fourth-order valence-corrected chi connectivity index (χ4v) is 2.68. The van der Waals surface area contributed by atoms with Crippen molar-refractivity contribution in [2.45, 2.75) is 19.4 Å². The van der Waals surface area contributed by atoms with Crippen LogP contribution in [0.25, 0.3) is 0 Å². The number of amides is 1. The van der Waals surface area contributed by atoms with E-state index in [1.807, 2.05) is 30.3 Å². The maximum atomic E-state index is 12.8.